The molecule has 0 amide bonds. The Kier molecular flexibility index (Phi) is 2.68. The summed E-state index contributed by atoms with van der Waals surface area (Å²) in [5.74, 6) is 0.118. The molecule has 0 unspecified atom stereocenters. The van der Waals surface area contributed by atoms with E-state index in [2.05, 4.69) is 17.2 Å². The van der Waals surface area contributed by atoms with E-state index in [1.807, 2.05) is 0 Å². The molecular formula is C11H15N3O2. The summed E-state index contributed by atoms with van der Waals surface area (Å²) >= 11 is 0. The summed E-state index contributed by atoms with van der Waals surface area (Å²) in [5, 5.41) is 12.1. The molecule has 1 saturated carbocycles. The van der Waals surface area contributed by atoms with Crippen LogP contribution in [0.25, 0.3) is 0 Å². The minimum Gasteiger partial charge on any atom is -0.478 e. The van der Waals surface area contributed by atoms with E-state index in [9.17, 15) is 4.79 Å². The SMILES string of the molecule is CC1CC(Nc2ncc(N)cc2C(=O)O)C1. The lowest BCUT2D eigenvalue weighted by atomic mass is 9.82. The molecule has 1 fully saturated rings. The predicted molar refractivity (Wildman–Crippen MR) is 61.4 cm³/mol. The number of pyridine rings is 1. The third kappa shape index (κ3) is 2.08. The Morgan fingerprint density at radius 2 is 2.31 bits per heavy atom. The molecule has 86 valence electrons. The normalized spacial score (nSPS) is 23.6. The van der Waals surface area contributed by atoms with E-state index in [0.29, 0.717) is 23.5 Å². The second-order valence-electron chi connectivity index (χ2n) is 4.39. The highest BCUT2D eigenvalue weighted by molar-refractivity contribution is 5.94. The minimum atomic E-state index is -1.00. The number of nitrogens with zero attached hydrogens (tertiary/aromatic N) is 1. The van der Waals surface area contributed by atoms with E-state index >= 15 is 0 Å². The second kappa shape index (κ2) is 4.00. The van der Waals surface area contributed by atoms with E-state index in [1.54, 1.807) is 0 Å². The van der Waals surface area contributed by atoms with Crippen molar-refractivity contribution in [2.45, 2.75) is 25.8 Å². The topological polar surface area (TPSA) is 88.2 Å². The average Bonchev–Trinajstić information content (AvgIpc) is 2.17. The Morgan fingerprint density at radius 3 is 2.88 bits per heavy atom. The van der Waals surface area contributed by atoms with E-state index in [0.717, 1.165) is 12.8 Å². The maximum absolute atomic E-state index is 11.0. The zero-order valence-corrected chi connectivity index (χ0v) is 9.10. The van der Waals surface area contributed by atoms with Crippen LogP contribution in [0, 0.1) is 5.92 Å². The highest BCUT2D eigenvalue weighted by Gasteiger charge is 2.26. The molecule has 1 aliphatic carbocycles. The molecule has 4 N–H and O–H groups in total. The number of carbonyl (C=O) groups is 1. The van der Waals surface area contributed by atoms with Gasteiger partial charge in [0.1, 0.15) is 11.4 Å². The molecule has 5 heteroatoms. The molecule has 1 heterocycles. The van der Waals surface area contributed by atoms with E-state index in [-0.39, 0.29) is 5.56 Å². The Hall–Kier alpha value is -1.78. The van der Waals surface area contributed by atoms with Gasteiger partial charge in [0.15, 0.2) is 0 Å². The van der Waals surface area contributed by atoms with Gasteiger partial charge in [0, 0.05) is 6.04 Å². The standard InChI is InChI=1S/C11H15N3O2/c1-6-2-8(3-6)14-10-9(11(15)16)4-7(12)5-13-10/h4-6,8H,2-3,12H2,1H3,(H,13,14)(H,15,16). The van der Waals surface area contributed by atoms with Crippen LogP contribution >= 0.6 is 0 Å². The first-order chi connectivity index (χ1) is 7.56. The molecule has 0 saturated heterocycles. The second-order valence-corrected chi connectivity index (χ2v) is 4.39. The van der Waals surface area contributed by atoms with Crippen molar-refractivity contribution in [1.82, 2.24) is 4.98 Å². The van der Waals surface area contributed by atoms with Crippen molar-refractivity contribution in [2.24, 2.45) is 5.92 Å². The molecule has 5 nitrogen and oxygen atoms in total. The van der Waals surface area contributed by atoms with Crippen molar-refractivity contribution in [1.29, 1.82) is 0 Å². The van der Waals surface area contributed by atoms with Crippen molar-refractivity contribution in [3.63, 3.8) is 0 Å². The Balaban J connectivity index is 2.16. The number of hydrogen-bond acceptors (Lipinski definition) is 4. The van der Waals surface area contributed by atoms with E-state index in [4.69, 9.17) is 10.8 Å². The van der Waals surface area contributed by atoms with Crippen molar-refractivity contribution in [3.8, 4) is 0 Å². The van der Waals surface area contributed by atoms with Gasteiger partial charge in [-0.05, 0) is 24.8 Å². The van der Waals surface area contributed by atoms with Gasteiger partial charge < -0.3 is 16.2 Å². The van der Waals surface area contributed by atoms with Crippen LogP contribution in [0.5, 0.6) is 0 Å². The molecule has 0 aliphatic heterocycles. The van der Waals surface area contributed by atoms with Crippen LogP contribution in [-0.4, -0.2) is 22.1 Å². The van der Waals surface area contributed by atoms with E-state index in [1.165, 1.54) is 12.3 Å². The van der Waals surface area contributed by atoms with Crippen LogP contribution in [0.1, 0.15) is 30.1 Å². The van der Waals surface area contributed by atoms with Crippen molar-refractivity contribution >= 4 is 17.5 Å². The Labute approximate surface area is 93.7 Å². The van der Waals surface area contributed by atoms with Crippen LogP contribution in [0.15, 0.2) is 12.3 Å². The van der Waals surface area contributed by atoms with Crippen molar-refractivity contribution in [3.05, 3.63) is 17.8 Å². The van der Waals surface area contributed by atoms with Gasteiger partial charge in [0.05, 0.1) is 11.9 Å². The van der Waals surface area contributed by atoms with Gasteiger partial charge in [-0.2, -0.15) is 0 Å². The number of anilines is 2. The fraction of sp³-hybridized carbons (Fsp3) is 0.455. The number of carboxylic acid groups (broad SMARTS) is 1. The van der Waals surface area contributed by atoms with Gasteiger partial charge in [0.25, 0.3) is 0 Å². The molecule has 0 bridgehead atoms. The maximum atomic E-state index is 11.0. The summed E-state index contributed by atoms with van der Waals surface area (Å²) < 4.78 is 0. The molecule has 1 aromatic rings. The molecule has 16 heavy (non-hydrogen) atoms. The lowest BCUT2D eigenvalue weighted by Gasteiger charge is -2.33. The monoisotopic (exact) mass is 221 g/mol. The number of rotatable bonds is 3. The number of nitrogen functional groups attached to an aromatic ring is 1. The molecule has 2 rings (SSSR count). The summed E-state index contributed by atoms with van der Waals surface area (Å²) in [6, 6.07) is 1.77. The highest BCUT2D eigenvalue weighted by atomic mass is 16.4. The Morgan fingerprint density at radius 1 is 1.62 bits per heavy atom. The lowest BCUT2D eigenvalue weighted by molar-refractivity contribution is 0.0697. The number of aromatic nitrogens is 1. The van der Waals surface area contributed by atoms with Crippen LogP contribution < -0.4 is 11.1 Å². The van der Waals surface area contributed by atoms with Crippen molar-refractivity contribution < 1.29 is 9.90 Å². The first-order valence-corrected chi connectivity index (χ1v) is 5.31. The van der Waals surface area contributed by atoms with Crippen LogP contribution in [0.3, 0.4) is 0 Å². The van der Waals surface area contributed by atoms with Gasteiger partial charge >= 0.3 is 5.97 Å². The number of aromatic carboxylic acids is 1. The van der Waals surface area contributed by atoms with Gasteiger partial charge in [-0.3, -0.25) is 0 Å². The fourth-order valence-corrected chi connectivity index (χ4v) is 1.97. The largest absolute Gasteiger partial charge is 0.478 e. The van der Waals surface area contributed by atoms with Gasteiger partial charge in [-0.1, -0.05) is 6.92 Å². The third-order valence-electron chi connectivity index (χ3n) is 2.85. The molecule has 0 aromatic carbocycles. The minimum absolute atomic E-state index is 0.138. The van der Waals surface area contributed by atoms with Gasteiger partial charge in [-0.15, -0.1) is 0 Å². The number of hydrogen-bond donors (Lipinski definition) is 3. The molecule has 1 aliphatic rings. The third-order valence-corrected chi connectivity index (χ3v) is 2.85. The fourth-order valence-electron chi connectivity index (χ4n) is 1.97. The lowest BCUT2D eigenvalue weighted by Crippen LogP contribution is -2.34. The summed E-state index contributed by atoms with van der Waals surface area (Å²) in [6.45, 7) is 2.17. The first-order valence-electron chi connectivity index (χ1n) is 5.31. The predicted octanol–water partition coefficient (Wildman–Crippen LogP) is 1.57. The summed E-state index contributed by atoms with van der Waals surface area (Å²) in [7, 11) is 0. The average molecular weight is 221 g/mol. The number of nitrogens with one attached hydrogen (secondary N) is 1. The Bertz CT molecular complexity index is 414. The molecule has 0 radical (unpaired) electrons. The number of nitrogens with two attached hydrogens (primary N) is 1. The molecular weight excluding hydrogens is 206 g/mol. The summed E-state index contributed by atoms with van der Waals surface area (Å²) in [4.78, 5) is 15.0. The van der Waals surface area contributed by atoms with Crippen LogP contribution in [-0.2, 0) is 0 Å². The number of carboxylic acids is 1. The molecule has 0 atom stereocenters. The summed E-state index contributed by atoms with van der Waals surface area (Å²) in [5.41, 5.74) is 6.02. The summed E-state index contributed by atoms with van der Waals surface area (Å²) in [6.07, 6.45) is 3.59. The van der Waals surface area contributed by atoms with Crippen LogP contribution in [0.2, 0.25) is 0 Å². The van der Waals surface area contributed by atoms with Gasteiger partial charge in [-0.25, -0.2) is 9.78 Å². The quantitative estimate of drug-likeness (QED) is 0.721. The zero-order chi connectivity index (χ0) is 11.7. The van der Waals surface area contributed by atoms with E-state index < -0.39 is 5.97 Å². The smallest absolute Gasteiger partial charge is 0.339 e. The van der Waals surface area contributed by atoms with Gasteiger partial charge in [0.2, 0.25) is 0 Å². The molecule has 0 spiro atoms. The molecule has 1 aromatic heterocycles. The van der Waals surface area contributed by atoms with Crippen LogP contribution in [0.4, 0.5) is 11.5 Å². The highest BCUT2D eigenvalue weighted by Crippen LogP contribution is 2.30. The zero-order valence-electron chi connectivity index (χ0n) is 9.10. The first kappa shape index (κ1) is 10.7. The van der Waals surface area contributed by atoms with Crippen molar-refractivity contribution in [2.75, 3.05) is 11.1 Å². The maximum Gasteiger partial charge on any atom is 0.339 e.